The van der Waals surface area contributed by atoms with Gasteiger partial charge in [-0.1, -0.05) is 103 Å². The van der Waals surface area contributed by atoms with Gasteiger partial charge in [-0.05, 0) is 34.9 Å². The van der Waals surface area contributed by atoms with Gasteiger partial charge in [0.15, 0.2) is 0 Å². The predicted molar refractivity (Wildman–Crippen MR) is 128 cm³/mol. The van der Waals surface area contributed by atoms with Crippen molar-refractivity contribution < 1.29 is 4.79 Å². The molecule has 0 saturated carbocycles. The van der Waals surface area contributed by atoms with E-state index in [1.807, 2.05) is 102 Å². The first-order valence-corrected chi connectivity index (χ1v) is 10.6. The first kappa shape index (κ1) is 19.3. The number of anilines is 1. The maximum atomic E-state index is 13.9. The van der Waals surface area contributed by atoms with Crippen molar-refractivity contribution in [2.75, 3.05) is 4.90 Å². The SMILES string of the molecule is O=C1/C(=C(\c2ccccc2)c2ccc(Cl)cc2)c2ccccc2N1Cc1ccccc1. The van der Waals surface area contributed by atoms with Gasteiger partial charge in [0.1, 0.15) is 0 Å². The van der Waals surface area contributed by atoms with E-state index in [4.69, 9.17) is 11.6 Å². The lowest BCUT2D eigenvalue weighted by atomic mass is 9.90. The number of para-hydroxylation sites is 1. The Morgan fingerprint density at radius 1 is 0.677 bits per heavy atom. The molecular weight excluding hydrogens is 402 g/mol. The summed E-state index contributed by atoms with van der Waals surface area (Å²) in [4.78, 5) is 15.7. The second-order valence-corrected chi connectivity index (χ2v) is 7.95. The molecule has 1 heterocycles. The minimum absolute atomic E-state index is 0.0128. The maximum Gasteiger partial charge on any atom is 0.259 e. The summed E-state index contributed by atoms with van der Waals surface area (Å²) in [6, 6.07) is 35.9. The highest BCUT2D eigenvalue weighted by molar-refractivity contribution is 6.39. The minimum atomic E-state index is 0.0128. The lowest BCUT2D eigenvalue weighted by Crippen LogP contribution is -2.26. The monoisotopic (exact) mass is 421 g/mol. The van der Waals surface area contributed by atoms with E-state index in [0.717, 1.165) is 39.1 Å². The Hall–Kier alpha value is -3.62. The number of nitrogens with zero attached hydrogens (tertiary/aromatic N) is 1. The number of carbonyl (C=O) groups excluding carboxylic acids is 1. The average molecular weight is 422 g/mol. The number of halogens is 1. The summed E-state index contributed by atoms with van der Waals surface area (Å²) >= 11 is 6.15. The zero-order valence-corrected chi connectivity index (χ0v) is 17.6. The van der Waals surface area contributed by atoms with Gasteiger partial charge in [0.2, 0.25) is 0 Å². The number of carbonyl (C=O) groups is 1. The Bertz CT molecular complexity index is 1260. The average Bonchev–Trinajstić information content (AvgIpc) is 3.08. The molecule has 4 aromatic carbocycles. The Labute approximate surface area is 187 Å². The highest BCUT2D eigenvalue weighted by Crippen LogP contribution is 2.43. The maximum absolute atomic E-state index is 13.9. The van der Waals surface area contributed by atoms with Crippen molar-refractivity contribution in [2.45, 2.75) is 6.54 Å². The quantitative estimate of drug-likeness (QED) is 0.330. The summed E-state index contributed by atoms with van der Waals surface area (Å²) in [5, 5.41) is 0.671. The van der Waals surface area contributed by atoms with E-state index in [1.54, 1.807) is 0 Å². The molecule has 0 atom stereocenters. The molecule has 2 nitrogen and oxygen atoms in total. The number of rotatable bonds is 4. The third kappa shape index (κ3) is 3.67. The van der Waals surface area contributed by atoms with E-state index in [-0.39, 0.29) is 5.91 Å². The minimum Gasteiger partial charge on any atom is -0.303 e. The second-order valence-electron chi connectivity index (χ2n) is 7.52. The molecule has 0 bridgehead atoms. The molecule has 0 N–H and O–H groups in total. The topological polar surface area (TPSA) is 20.3 Å². The number of benzene rings is 4. The van der Waals surface area contributed by atoms with E-state index in [0.29, 0.717) is 11.6 Å². The Balaban J connectivity index is 1.73. The molecule has 0 saturated heterocycles. The van der Waals surface area contributed by atoms with Crippen LogP contribution in [0, 0.1) is 0 Å². The molecule has 1 aliphatic rings. The van der Waals surface area contributed by atoms with E-state index in [1.165, 1.54) is 0 Å². The fraction of sp³-hybridized carbons (Fsp3) is 0.0357. The van der Waals surface area contributed by atoms with Gasteiger partial charge in [-0.15, -0.1) is 0 Å². The van der Waals surface area contributed by atoms with Crippen LogP contribution in [0.5, 0.6) is 0 Å². The summed E-state index contributed by atoms with van der Waals surface area (Å²) in [6.07, 6.45) is 0. The fourth-order valence-electron chi connectivity index (χ4n) is 4.12. The molecule has 31 heavy (non-hydrogen) atoms. The van der Waals surface area contributed by atoms with Gasteiger partial charge in [-0.25, -0.2) is 0 Å². The van der Waals surface area contributed by atoms with Crippen molar-refractivity contribution in [3.05, 3.63) is 136 Å². The Morgan fingerprint density at radius 3 is 1.97 bits per heavy atom. The Morgan fingerprint density at radius 2 is 1.26 bits per heavy atom. The molecule has 0 aliphatic carbocycles. The van der Waals surface area contributed by atoms with Gasteiger partial charge < -0.3 is 4.90 Å². The largest absolute Gasteiger partial charge is 0.303 e. The zero-order chi connectivity index (χ0) is 21.2. The van der Waals surface area contributed by atoms with Gasteiger partial charge in [0, 0.05) is 16.2 Å². The molecular formula is C28H20ClNO. The molecule has 4 aromatic rings. The van der Waals surface area contributed by atoms with Crippen LogP contribution < -0.4 is 4.90 Å². The Kier molecular flexibility index (Phi) is 5.15. The summed E-state index contributed by atoms with van der Waals surface area (Å²) < 4.78 is 0. The highest BCUT2D eigenvalue weighted by Gasteiger charge is 2.35. The van der Waals surface area contributed by atoms with Crippen molar-refractivity contribution in [1.29, 1.82) is 0 Å². The van der Waals surface area contributed by atoms with E-state index >= 15 is 0 Å². The first-order chi connectivity index (χ1) is 15.2. The molecule has 0 fully saturated rings. The fourth-order valence-corrected chi connectivity index (χ4v) is 4.25. The van der Waals surface area contributed by atoms with Crippen LogP contribution in [0.25, 0.3) is 11.1 Å². The molecule has 0 spiro atoms. The van der Waals surface area contributed by atoms with Crippen LogP contribution in [-0.4, -0.2) is 5.91 Å². The third-order valence-electron chi connectivity index (χ3n) is 5.55. The lowest BCUT2D eigenvalue weighted by molar-refractivity contribution is -0.113. The molecule has 0 aromatic heterocycles. The van der Waals surface area contributed by atoms with Crippen LogP contribution in [-0.2, 0) is 11.3 Å². The van der Waals surface area contributed by atoms with Crippen LogP contribution in [0.2, 0.25) is 5.02 Å². The molecule has 1 aliphatic heterocycles. The molecule has 0 unspecified atom stereocenters. The molecule has 0 radical (unpaired) electrons. The van der Waals surface area contributed by atoms with Crippen LogP contribution in [0.15, 0.2) is 109 Å². The van der Waals surface area contributed by atoms with Crippen LogP contribution >= 0.6 is 11.6 Å². The van der Waals surface area contributed by atoms with Crippen molar-refractivity contribution in [3.63, 3.8) is 0 Å². The van der Waals surface area contributed by atoms with E-state index < -0.39 is 0 Å². The van der Waals surface area contributed by atoms with Crippen LogP contribution in [0.1, 0.15) is 22.3 Å². The van der Waals surface area contributed by atoms with Gasteiger partial charge in [-0.3, -0.25) is 4.79 Å². The van der Waals surface area contributed by atoms with Crippen molar-refractivity contribution in [2.24, 2.45) is 0 Å². The van der Waals surface area contributed by atoms with Crippen LogP contribution in [0.3, 0.4) is 0 Å². The lowest BCUT2D eigenvalue weighted by Gasteiger charge is -2.18. The molecule has 150 valence electrons. The standard InChI is InChI=1S/C28H20ClNO/c29-23-17-15-22(16-18-23)26(21-11-5-2-6-12-21)27-24-13-7-8-14-25(24)30(28(27)31)19-20-9-3-1-4-10-20/h1-18H,19H2/b27-26+. The van der Waals surface area contributed by atoms with Crippen molar-refractivity contribution in [1.82, 2.24) is 0 Å². The molecule has 3 heteroatoms. The predicted octanol–water partition coefficient (Wildman–Crippen LogP) is 6.85. The van der Waals surface area contributed by atoms with Gasteiger partial charge in [0.25, 0.3) is 5.91 Å². The van der Waals surface area contributed by atoms with E-state index in [9.17, 15) is 4.79 Å². The van der Waals surface area contributed by atoms with Gasteiger partial charge in [0.05, 0.1) is 17.8 Å². The number of amides is 1. The summed E-state index contributed by atoms with van der Waals surface area (Å²) in [6.45, 7) is 0.531. The van der Waals surface area contributed by atoms with Crippen molar-refractivity contribution >= 4 is 34.3 Å². The number of hydrogen-bond acceptors (Lipinski definition) is 1. The normalized spacial score (nSPS) is 14.5. The van der Waals surface area contributed by atoms with Crippen LogP contribution in [0.4, 0.5) is 5.69 Å². The van der Waals surface area contributed by atoms with Gasteiger partial charge >= 0.3 is 0 Å². The number of hydrogen-bond donors (Lipinski definition) is 0. The third-order valence-corrected chi connectivity index (χ3v) is 5.80. The molecule has 5 rings (SSSR count). The smallest absolute Gasteiger partial charge is 0.259 e. The second kappa shape index (κ2) is 8.25. The van der Waals surface area contributed by atoms with E-state index in [2.05, 4.69) is 12.1 Å². The van der Waals surface area contributed by atoms with Crippen molar-refractivity contribution in [3.8, 4) is 0 Å². The zero-order valence-electron chi connectivity index (χ0n) is 16.8. The molecule has 1 amide bonds. The van der Waals surface area contributed by atoms with Gasteiger partial charge in [-0.2, -0.15) is 0 Å². The first-order valence-electron chi connectivity index (χ1n) is 10.2. The number of fused-ring (bicyclic) bond motifs is 1. The summed E-state index contributed by atoms with van der Waals surface area (Å²) in [7, 11) is 0. The summed E-state index contributed by atoms with van der Waals surface area (Å²) in [5.41, 5.74) is 6.61. The summed E-state index contributed by atoms with van der Waals surface area (Å²) in [5.74, 6) is 0.0128. The highest BCUT2D eigenvalue weighted by atomic mass is 35.5.